The molecule has 1 aromatic heterocycles. The van der Waals surface area contributed by atoms with Crippen LogP contribution >= 0.6 is 0 Å². The Morgan fingerprint density at radius 1 is 1.09 bits per heavy atom. The predicted molar refractivity (Wildman–Crippen MR) is 80.2 cm³/mol. The lowest BCUT2D eigenvalue weighted by atomic mass is 9.86. The first-order chi connectivity index (χ1) is 10.6. The monoisotopic (exact) mass is 307 g/mol. The summed E-state index contributed by atoms with van der Waals surface area (Å²) in [4.78, 5) is 12.2. The molecule has 1 aromatic rings. The van der Waals surface area contributed by atoms with Gasteiger partial charge in [-0.15, -0.1) is 0 Å². The zero-order chi connectivity index (χ0) is 15.9. The summed E-state index contributed by atoms with van der Waals surface area (Å²) in [5.74, 6) is 1.88. The van der Waals surface area contributed by atoms with Crippen LogP contribution in [0.5, 0.6) is 0 Å². The van der Waals surface area contributed by atoms with E-state index in [2.05, 4.69) is 0 Å². The van der Waals surface area contributed by atoms with Gasteiger partial charge in [-0.05, 0) is 31.8 Å². The molecule has 0 aromatic carbocycles. The van der Waals surface area contributed by atoms with Crippen LogP contribution in [0.1, 0.15) is 43.6 Å². The molecule has 1 aliphatic carbocycles. The van der Waals surface area contributed by atoms with Crippen LogP contribution in [0.4, 0.5) is 0 Å². The number of nitrogens with zero attached hydrogens (tertiary/aromatic N) is 1. The standard InChI is InChI=1S/C16H21NO5/c1-9-8-10-6-5-7-17-11(10)13(22-16(17)18)15(21-4)14(20-3)12(9)19-2/h10H,5-8H2,1-4H3/b12-9+,15-14-. The summed E-state index contributed by atoms with van der Waals surface area (Å²) in [5.41, 5.74) is 1.99. The van der Waals surface area contributed by atoms with Crippen LogP contribution < -0.4 is 5.76 Å². The van der Waals surface area contributed by atoms with Gasteiger partial charge >= 0.3 is 5.76 Å². The molecule has 0 fully saturated rings. The highest BCUT2D eigenvalue weighted by Crippen LogP contribution is 2.42. The Labute approximate surface area is 129 Å². The highest BCUT2D eigenvalue weighted by atomic mass is 16.5. The second-order valence-corrected chi connectivity index (χ2v) is 5.66. The maximum Gasteiger partial charge on any atom is 0.419 e. The molecule has 2 heterocycles. The van der Waals surface area contributed by atoms with Crippen molar-refractivity contribution in [3.05, 3.63) is 39.1 Å². The summed E-state index contributed by atoms with van der Waals surface area (Å²) < 4.78 is 23.8. The molecule has 2 aliphatic rings. The third kappa shape index (κ3) is 2.05. The Hall–Kier alpha value is -2.11. The van der Waals surface area contributed by atoms with Gasteiger partial charge in [-0.2, -0.15) is 0 Å². The quantitative estimate of drug-likeness (QED) is 0.859. The molecule has 0 bridgehead atoms. The van der Waals surface area contributed by atoms with Crippen LogP contribution in [0, 0.1) is 0 Å². The number of allylic oxidation sites excluding steroid dienone is 1. The van der Waals surface area contributed by atoms with Crippen LogP contribution in [-0.2, 0) is 20.8 Å². The number of hydrogen-bond donors (Lipinski definition) is 0. The molecule has 6 nitrogen and oxygen atoms in total. The second-order valence-electron chi connectivity index (χ2n) is 5.66. The maximum absolute atomic E-state index is 12.2. The van der Waals surface area contributed by atoms with E-state index in [9.17, 15) is 4.79 Å². The molecule has 3 rings (SSSR count). The van der Waals surface area contributed by atoms with Gasteiger partial charge in [0.1, 0.15) is 0 Å². The number of ether oxygens (including phenoxy) is 3. The van der Waals surface area contributed by atoms with Gasteiger partial charge in [0.15, 0.2) is 11.5 Å². The second kappa shape index (κ2) is 5.59. The third-order valence-electron chi connectivity index (χ3n) is 4.43. The smallest absolute Gasteiger partial charge is 0.419 e. The van der Waals surface area contributed by atoms with Gasteiger partial charge in [-0.25, -0.2) is 4.79 Å². The van der Waals surface area contributed by atoms with E-state index in [0.29, 0.717) is 29.6 Å². The Bertz CT molecular complexity index is 707. The molecular formula is C16H21NO5. The Morgan fingerprint density at radius 3 is 2.41 bits per heavy atom. The van der Waals surface area contributed by atoms with Crippen LogP contribution in [0.25, 0.3) is 5.76 Å². The van der Waals surface area contributed by atoms with E-state index in [4.69, 9.17) is 18.6 Å². The van der Waals surface area contributed by atoms with Gasteiger partial charge in [0.2, 0.25) is 11.5 Å². The van der Waals surface area contributed by atoms with E-state index >= 15 is 0 Å². The Balaban J connectivity index is 2.34. The largest absolute Gasteiger partial charge is 0.493 e. The van der Waals surface area contributed by atoms with Crippen molar-refractivity contribution in [1.82, 2.24) is 4.57 Å². The Morgan fingerprint density at radius 2 is 1.77 bits per heavy atom. The van der Waals surface area contributed by atoms with Gasteiger partial charge in [0.25, 0.3) is 0 Å². The van der Waals surface area contributed by atoms with Gasteiger partial charge < -0.3 is 18.6 Å². The highest BCUT2D eigenvalue weighted by molar-refractivity contribution is 5.64. The van der Waals surface area contributed by atoms with Crippen molar-refractivity contribution in [1.29, 1.82) is 0 Å². The average molecular weight is 307 g/mol. The molecular weight excluding hydrogens is 286 g/mol. The van der Waals surface area contributed by atoms with E-state index in [1.54, 1.807) is 25.9 Å². The molecule has 0 spiro atoms. The van der Waals surface area contributed by atoms with Crippen molar-refractivity contribution in [2.45, 2.75) is 38.6 Å². The van der Waals surface area contributed by atoms with Crippen molar-refractivity contribution >= 4 is 5.76 Å². The lowest BCUT2D eigenvalue weighted by molar-refractivity contribution is 0.202. The van der Waals surface area contributed by atoms with Gasteiger partial charge in [-0.3, -0.25) is 4.57 Å². The number of hydrogen-bond acceptors (Lipinski definition) is 5. The molecule has 1 aliphatic heterocycles. The molecule has 0 N–H and O–H groups in total. The molecule has 0 saturated carbocycles. The molecule has 22 heavy (non-hydrogen) atoms. The summed E-state index contributed by atoms with van der Waals surface area (Å²) in [6.07, 6.45) is 2.79. The molecule has 0 radical (unpaired) electrons. The molecule has 120 valence electrons. The molecule has 0 amide bonds. The fourth-order valence-corrected chi connectivity index (χ4v) is 3.53. The third-order valence-corrected chi connectivity index (χ3v) is 4.43. The highest BCUT2D eigenvalue weighted by Gasteiger charge is 2.35. The lowest BCUT2D eigenvalue weighted by Gasteiger charge is -2.27. The van der Waals surface area contributed by atoms with Crippen molar-refractivity contribution in [3.8, 4) is 0 Å². The zero-order valence-electron chi connectivity index (χ0n) is 13.4. The Kier molecular flexibility index (Phi) is 3.76. The van der Waals surface area contributed by atoms with E-state index < -0.39 is 0 Å². The fraction of sp³-hybridized carbons (Fsp3) is 0.562. The van der Waals surface area contributed by atoms with Gasteiger partial charge in [0, 0.05) is 12.5 Å². The maximum atomic E-state index is 12.2. The van der Waals surface area contributed by atoms with Crippen molar-refractivity contribution in [2.75, 3.05) is 21.3 Å². The van der Waals surface area contributed by atoms with Gasteiger partial charge in [-0.1, -0.05) is 0 Å². The summed E-state index contributed by atoms with van der Waals surface area (Å²) in [6.45, 7) is 2.71. The first-order valence-electron chi connectivity index (χ1n) is 7.42. The first kappa shape index (κ1) is 14.8. The average Bonchev–Trinajstić information content (AvgIpc) is 2.84. The van der Waals surface area contributed by atoms with Crippen molar-refractivity contribution < 1.29 is 18.6 Å². The summed E-state index contributed by atoms with van der Waals surface area (Å²) in [6, 6.07) is 0. The van der Waals surface area contributed by atoms with Crippen molar-refractivity contribution in [3.63, 3.8) is 0 Å². The minimum atomic E-state index is -0.335. The first-order valence-corrected chi connectivity index (χ1v) is 7.42. The SMILES string of the molecule is COC1=C(\OC)c2oc(=O)n3c2C(CCC3)C/C(C)=C\1OC. The molecule has 1 atom stereocenters. The van der Waals surface area contributed by atoms with Crippen LogP contribution in [0.2, 0.25) is 0 Å². The van der Waals surface area contributed by atoms with Crippen LogP contribution in [0.3, 0.4) is 0 Å². The van der Waals surface area contributed by atoms with E-state index in [0.717, 1.165) is 30.5 Å². The topological polar surface area (TPSA) is 62.8 Å². The lowest BCUT2D eigenvalue weighted by Crippen LogP contribution is -2.24. The van der Waals surface area contributed by atoms with Gasteiger partial charge in [0.05, 0.1) is 27.0 Å². The van der Waals surface area contributed by atoms with E-state index in [1.807, 2.05) is 6.92 Å². The summed E-state index contributed by atoms with van der Waals surface area (Å²) in [7, 11) is 4.71. The number of rotatable bonds is 3. The predicted octanol–water partition coefficient (Wildman–Crippen LogP) is 2.60. The minimum absolute atomic E-state index is 0.226. The minimum Gasteiger partial charge on any atom is -0.493 e. The van der Waals surface area contributed by atoms with Crippen LogP contribution in [0.15, 0.2) is 26.3 Å². The van der Waals surface area contributed by atoms with Crippen LogP contribution in [-0.4, -0.2) is 25.9 Å². The normalized spacial score (nSPS) is 27.7. The number of oxazole rings is 1. The molecule has 0 saturated heterocycles. The van der Waals surface area contributed by atoms with E-state index in [-0.39, 0.29) is 11.7 Å². The van der Waals surface area contributed by atoms with E-state index in [1.165, 1.54) is 0 Å². The molecule has 6 heteroatoms. The van der Waals surface area contributed by atoms with Crippen molar-refractivity contribution in [2.24, 2.45) is 0 Å². The molecule has 1 unspecified atom stereocenters. The zero-order valence-corrected chi connectivity index (χ0v) is 13.4. The fourth-order valence-electron chi connectivity index (χ4n) is 3.53. The number of methoxy groups -OCH3 is 3. The number of aromatic nitrogens is 1. The summed E-state index contributed by atoms with van der Waals surface area (Å²) >= 11 is 0. The summed E-state index contributed by atoms with van der Waals surface area (Å²) in [5, 5.41) is 0.